The van der Waals surface area contributed by atoms with Gasteiger partial charge in [0.05, 0.1) is 17.6 Å². The van der Waals surface area contributed by atoms with Gasteiger partial charge in [0.15, 0.2) is 5.82 Å². The Morgan fingerprint density at radius 2 is 1.82 bits per heavy atom. The molecule has 1 saturated carbocycles. The Morgan fingerprint density at radius 3 is 2.52 bits per heavy atom. The summed E-state index contributed by atoms with van der Waals surface area (Å²) in [4.78, 5) is 21.0. The van der Waals surface area contributed by atoms with E-state index in [1.165, 1.54) is 6.20 Å². The first-order valence-electron chi connectivity index (χ1n) is 10.6. The van der Waals surface area contributed by atoms with Crippen LogP contribution in [0.2, 0.25) is 5.02 Å². The first-order valence-corrected chi connectivity index (χ1v) is 10.9. The van der Waals surface area contributed by atoms with E-state index in [2.05, 4.69) is 31.1 Å². The number of rotatable bonds is 7. The van der Waals surface area contributed by atoms with Crippen molar-refractivity contribution in [1.29, 1.82) is 0 Å². The molecular formula is C24H21ClN6O2. The number of halogens is 1. The zero-order valence-electron chi connectivity index (χ0n) is 17.8. The van der Waals surface area contributed by atoms with Crippen molar-refractivity contribution < 1.29 is 9.32 Å². The molecule has 0 bridgehead atoms. The molecule has 0 atom stereocenters. The standard InChI is InChI=1S/C24H21ClN6O2/c1-14-12-21(31-33-14)15-8-10-17(11-9-15)27-24-26-13-18(25)22(30-24)28-19-4-2-3-5-20(19)29-23(32)16-6-7-16/h2-5,8-13,16H,6-7H2,1H3,(H,29,32)(H2,26,27,28,30). The van der Waals surface area contributed by atoms with Gasteiger partial charge in [-0.2, -0.15) is 4.98 Å². The monoisotopic (exact) mass is 460 g/mol. The van der Waals surface area contributed by atoms with Gasteiger partial charge in [0.2, 0.25) is 11.9 Å². The number of hydrogen-bond donors (Lipinski definition) is 3. The van der Waals surface area contributed by atoms with Crippen LogP contribution in [-0.4, -0.2) is 21.0 Å². The van der Waals surface area contributed by atoms with Gasteiger partial charge in [-0.25, -0.2) is 4.98 Å². The van der Waals surface area contributed by atoms with Crippen LogP contribution in [0.1, 0.15) is 18.6 Å². The number of aryl methyl sites for hydroxylation is 1. The minimum absolute atomic E-state index is 0.0321. The van der Waals surface area contributed by atoms with Crippen LogP contribution in [0, 0.1) is 12.8 Å². The Bertz CT molecular complexity index is 1300. The Morgan fingerprint density at radius 1 is 1.06 bits per heavy atom. The van der Waals surface area contributed by atoms with E-state index in [1.54, 1.807) is 0 Å². The molecule has 2 heterocycles. The van der Waals surface area contributed by atoms with Crippen molar-refractivity contribution in [3.63, 3.8) is 0 Å². The summed E-state index contributed by atoms with van der Waals surface area (Å²) in [6.45, 7) is 1.86. The van der Waals surface area contributed by atoms with Crippen molar-refractivity contribution in [2.75, 3.05) is 16.0 Å². The van der Waals surface area contributed by atoms with Gasteiger partial charge in [0.1, 0.15) is 16.5 Å². The van der Waals surface area contributed by atoms with Crippen molar-refractivity contribution in [2.45, 2.75) is 19.8 Å². The summed E-state index contributed by atoms with van der Waals surface area (Å²) in [6, 6.07) is 17.0. The average Bonchev–Trinajstić information content (AvgIpc) is 3.59. The van der Waals surface area contributed by atoms with Crippen molar-refractivity contribution in [1.82, 2.24) is 15.1 Å². The number of para-hydroxylation sites is 2. The fraction of sp³-hybridized carbons (Fsp3) is 0.167. The van der Waals surface area contributed by atoms with Gasteiger partial charge in [-0.1, -0.05) is 41.0 Å². The molecule has 0 aliphatic heterocycles. The van der Waals surface area contributed by atoms with Gasteiger partial charge in [-0.15, -0.1) is 0 Å². The van der Waals surface area contributed by atoms with Crippen LogP contribution < -0.4 is 16.0 Å². The molecule has 5 rings (SSSR count). The van der Waals surface area contributed by atoms with Crippen LogP contribution in [0.4, 0.5) is 28.8 Å². The minimum atomic E-state index is 0.0321. The largest absolute Gasteiger partial charge is 0.361 e. The summed E-state index contributed by atoms with van der Waals surface area (Å²) in [5.74, 6) is 1.71. The Labute approximate surface area is 195 Å². The third-order valence-corrected chi connectivity index (χ3v) is 5.47. The number of nitrogens with zero attached hydrogens (tertiary/aromatic N) is 3. The summed E-state index contributed by atoms with van der Waals surface area (Å²) in [6.07, 6.45) is 3.40. The predicted molar refractivity (Wildman–Crippen MR) is 128 cm³/mol. The lowest BCUT2D eigenvalue weighted by Gasteiger charge is -2.14. The number of hydrogen-bond acceptors (Lipinski definition) is 7. The van der Waals surface area contributed by atoms with Crippen molar-refractivity contribution >= 4 is 46.3 Å². The second-order valence-electron chi connectivity index (χ2n) is 7.85. The molecule has 0 unspecified atom stereocenters. The van der Waals surface area contributed by atoms with E-state index in [0.29, 0.717) is 28.2 Å². The van der Waals surface area contributed by atoms with E-state index in [9.17, 15) is 4.79 Å². The molecule has 0 radical (unpaired) electrons. The number of nitrogens with one attached hydrogen (secondary N) is 3. The highest BCUT2D eigenvalue weighted by molar-refractivity contribution is 6.33. The molecule has 8 nitrogen and oxygen atoms in total. The van der Waals surface area contributed by atoms with Gasteiger partial charge in [-0.05, 0) is 44.0 Å². The molecule has 3 N–H and O–H groups in total. The average molecular weight is 461 g/mol. The van der Waals surface area contributed by atoms with Gasteiger partial charge in [0, 0.05) is 23.2 Å². The third kappa shape index (κ3) is 4.96. The zero-order valence-corrected chi connectivity index (χ0v) is 18.6. The van der Waals surface area contributed by atoms with Crippen LogP contribution in [0.5, 0.6) is 0 Å². The van der Waals surface area contributed by atoms with E-state index >= 15 is 0 Å². The zero-order chi connectivity index (χ0) is 22.8. The first kappa shape index (κ1) is 21.0. The fourth-order valence-electron chi connectivity index (χ4n) is 3.28. The number of amides is 1. The molecule has 4 aromatic rings. The number of anilines is 5. The highest BCUT2D eigenvalue weighted by atomic mass is 35.5. The molecule has 2 aromatic carbocycles. The summed E-state index contributed by atoms with van der Waals surface area (Å²) >= 11 is 6.34. The summed E-state index contributed by atoms with van der Waals surface area (Å²) in [7, 11) is 0. The smallest absolute Gasteiger partial charge is 0.229 e. The number of aromatic nitrogens is 3. The molecule has 33 heavy (non-hydrogen) atoms. The lowest BCUT2D eigenvalue weighted by atomic mass is 10.1. The van der Waals surface area contributed by atoms with E-state index in [4.69, 9.17) is 16.1 Å². The molecule has 1 fully saturated rings. The van der Waals surface area contributed by atoms with Crippen molar-refractivity contribution in [3.05, 3.63) is 71.6 Å². The molecule has 0 spiro atoms. The van der Waals surface area contributed by atoms with Crippen LogP contribution in [-0.2, 0) is 4.79 Å². The molecule has 0 saturated heterocycles. The van der Waals surface area contributed by atoms with Crippen LogP contribution in [0.25, 0.3) is 11.3 Å². The summed E-state index contributed by atoms with van der Waals surface area (Å²) < 4.78 is 5.13. The van der Waals surface area contributed by atoms with Crippen molar-refractivity contribution in [3.8, 4) is 11.3 Å². The maximum absolute atomic E-state index is 12.2. The van der Waals surface area contributed by atoms with Crippen LogP contribution in [0.15, 0.2) is 65.3 Å². The summed E-state index contributed by atoms with van der Waals surface area (Å²) in [5.41, 5.74) is 3.91. The molecule has 166 valence electrons. The maximum atomic E-state index is 12.2. The van der Waals surface area contributed by atoms with Gasteiger partial charge >= 0.3 is 0 Å². The summed E-state index contributed by atoms with van der Waals surface area (Å²) in [5, 5.41) is 13.7. The topological polar surface area (TPSA) is 105 Å². The van der Waals surface area contributed by atoms with Crippen LogP contribution >= 0.6 is 11.6 Å². The maximum Gasteiger partial charge on any atom is 0.229 e. The normalized spacial score (nSPS) is 12.9. The van der Waals surface area contributed by atoms with E-state index in [-0.39, 0.29) is 11.8 Å². The second kappa shape index (κ2) is 8.91. The Hall–Kier alpha value is -3.91. The first-order chi connectivity index (χ1) is 16.0. The molecule has 1 amide bonds. The molecular weight excluding hydrogens is 440 g/mol. The second-order valence-corrected chi connectivity index (χ2v) is 8.26. The Kier molecular flexibility index (Phi) is 5.66. The third-order valence-electron chi connectivity index (χ3n) is 5.20. The lowest BCUT2D eigenvalue weighted by molar-refractivity contribution is -0.117. The molecule has 1 aliphatic rings. The Balaban J connectivity index is 1.32. The number of carbonyl (C=O) groups is 1. The highest BCUT2D eigenvalue weighted by Gasteiger charge is 2.30. The lowest BCUT2D eigenvalue weighted by Crippen LogP contribution is -2.14. The molecule has 2 aromatic heterocycles. The minimum Gasteiger partial charge on any atom is -0.361 e. The molecule has 1 aliphatic carbocycles. The van der Waals surface area contributed by atoms with E-state index < -0.39 is 0 Å². The van der Waals surface area contributed by atoms with Crippen LogP contribution in [0.3, 0.4) is 0 Å². The quantitative estimate of drug-likeness (QED) is 0.314. The number of benzene rings is 2. The number of carbonyl (C=O) groups excluding carboxylic acids is 1. The van der Waals surface area contributed by atoms with Gasteiger partial charge in [0.25, 0.3) is 0 Å². The highest BCUT2D eigenvalue weighted by Crippen LogP contribution is 2.33. The fourth-order valence-corrected chi connectivity index (χ4v) is 3.42. The SMILES string of the molecule is Cc1cc(-c2ccc(Nc3ncc(Cl)c(Nc4ccccc4NC(=O)C4CC4)n3)cc2)no1. The molecule has 9 heteroatoms. The van der Waals surface area contributed by atoms with E-state index in [1.807, 2.05) is 61.5 Å². The van der Waals surface area contributed by atoms with Gasteiger partial charge in [-0.3, -0.25) is 4.79 Å². The van der Waals surface area contributed by atoms with Gasteiger partial charge < -0.3 is 20.5 Å². The predicted octanol–water partition coefficient (Wildman–Crippen LogP) is 5.93. The van der Waals surface area contributed by atoms with Crippen molar-refractivity contribution in [2.24, 2.45) is 5.92 Å². The van der Waals surface area contributed by atoms with E-state index in [0.717, 1.165) is 35.5 Å².